The molecule has 1 atom stereocenters. The molecule has 10 nitrogen and oxygen atoms in total. The van der Waals surface area contributed by atoms with Crippen molar-refractivity contribution in [3.63, 3.8) is 0 Å². The molecular formula is C25H30N6O4S. The van der Waals surface area contributed by atoms with E-state index in [4.69, 9.17) is 9.72 Å². The molecule has 1 aliphatic rings. The van der Waals surface area contributed by atoms with Gasteiger partial charge in [-0.1, -0.05) is 6.07 Å². The number of nitrogens with zero attached hydrogens (tertiary/aromatic N) is 4. The summed E-state index contributed by atoms with van der Waals surface area (Å²) in [4.78, 5) is 27.8. The Morgan fingerprint density at radius 2 is 1.94 bits per heavy atom. The molecule has 0 radical (unpaired) electrons. The molecule has 1 fully saturated rings. The molecule has 190 valence electrons. The Morgan fingerprint density at radius 1 is 1.14 bits per heavy atom. The topological polar surface area (TPSA) is 126 Å². The molecule has 3 heterocycles. The third-order valence-corrected chi connectivity index (χ3v) is 6.45. The highest BCUT2D eigenvalue weighted by atomic mass is 32.2. The van der Waals surface area contributed by atoms with Crippen LogP contribution < -0.4 is 15.5 Å². The second-order valence-electron chi connectivity index (χ2n) is 8.76. The lowest BCUT2D eigenvalue weighted by atomic mass is 10.2. The third-order valence-electron chi connectivity index (χ3n) is 5.63. The monoisotopic (exact) mass is 510 g/mol. The van der Waals surface area contributed by atoms with Gasteiger partial charge in [0.1, 0.15) is 5.82 Å². The van der Waals surface area contributed by atoms with E-state index in [2.05, 4.69) is 25.5 Å². The second-order valence-corrected chi connectivity index (χ2v) is 10.9. The van der Waals surface area contributed by atoms with Gasteiger partial charge in [0.15, 0.2) is 15.7 Å². The third kappa shape index (κ3) is 7.22. The van der Waals surface area contributed by atoms with Crippen LogP contribution in [0.1, 0.15) is 18.3 Å². The molecule has 11 heteroatoms. The fraction of sp³-hybridized carbons (Fsp3) is 0.360. The lowest BCUT2D eigenvalue weighted by Crippen LogP contribution is -2.44. The van der Waals surface area contributed by atoms with E-state index in [0.29, 0.717) is 61.3 Å². The number of sulfone groups is 1. The summed E-state index contributed by atoms with van der Waals surface area (Å²) >= 11 is 0. The lowest BCUT2D eigenvalue weighted by Gasteiger charge is -2.34. The molecule has 1 saturated heterocycles. The number of ether oxygens (including phenoxy) is 1. The molecule has 0 saturated carbocycles. The van der Waals surface area contributed by atoms with Crippen LogP contribution in [0.4, 0.5) is 16.3 Å². The van der Waals surface area contributed by atoms with Crippen molar-refractivity contribution < 1.29 is 17.9 Å². The standard InChI is InChI=1S/C25H30N6O4S/c1-18-16-35-14-13-31(18)23-15-22(17-36(2,33)34)28-24(30-23)19-6-8-21(9-7-19)29-25(32)27-12-10-20-5-3-4-11-26-20/h3-9,11,15,18H,10,12-14,16-17H2,1-2H3,(H2,27,29,32)/t18-/m0/s1. The molecule has 0 spiro atoms. The Hall–Kier alpha value is -3.57. The molecule has 1 aliphatic heterocycles. The number of rotatable bonds is 8. The number of nitrogens with one attached hydrogen (secondary N) is 2. The molecule has 3 aromatic rings. The first kappa shape index (κ1) is 25.5. The van der Waals surface area contributed by atoms with Crippen LogP contribution in [0.3, 0.4) is 0 Å². The van der Waals surface area contributed by atoms with Gasteiger partial charge < -0.3 is 20.3 Å². The summed E-state index contributed by atoms with van der Waals surface area (Å²) in [6.07, 6.45) is 3.55. The Kier molecular flexibility index (Phi) is 8.11. The number of carbonyl (C=O) groups excluding carboxylic acids is 1. The minimum absolute atomic E-state index is 0.107. The minimum Gasteiger partial charge on any atom is -0.377 e. The van der Waals surface area contributed by atoms with E-state index in [1.807, 2.05) is 25.1 Å². The van der Waals surface area contributed by atoms with E-state index in [9.17, 15) is 13.2 Å². The number of urea groups is 1. The van der Waals surface area contributed by atoms with Gasteiger partial charge >= 0.3 is 6.03 Å². The molecule has 36 heavy (non-hydrogen) atoms. The number of aromatic nitrogens is 3. The van der Waals surface area contributed by atoms with E-state index in [0.717, 1.165) is 5.69 Å². The highest BCUT2D eigenvalue weighted by Gasteiger charge is 2.22. The van der Waals surface area contributed by atoms with Crippen LogP contribution >= 0.6 is 0 Å². The van der Waals surface area contributed by atoms with E-state index in [1.165, 1.54) is 6.26 Å². The van der Waals surface area contributed by atoms with Gasteiger partial charge in [-0.25, -0.2) is 23.2 Å². The first-order valence-electron chi connectivity index (χ1n) is 11.7. The minimum atomic E-state index is -3.27. The number of anilines is 2. The zero-order valence-corrected chi connectivity index (χ0v) is 21.2. The van der Waals surface area contributed by atoms with Crippen LogP contribution in [-0.2, 0) is 26.7 Å². The van der Waals surface area contributed by atoms with Crippen molar-refractivity contribution in [2.75, 3.05) is 42.8 Å². The second kappa shape index (κ2) is 11.4. The molecule has 0 unspecified atom stereocenters. The first-order chi connectivity index (χ1) is 17.3. The first-order valence-corrected chi connectivity index (χ1v) is 13.8. The van der Waals surface area contributed by atoms with Gasteiger partial charge in [-0.2, -0.15) is 0 Å². The van der Waals surface area contributed by atoms with Crippen LogP contribution in [0.2, 0.25) is 0 Å². The average Bonchev–Trinajstić information content (AvgIpc) is 2.84. The number of hydrogen-bond acceptors (Lipinski definition) is 8. The van der Waals surface area contributed by atoms with E-state index < -0.39 is 9.84 Å². The molecule has 2 amide bonds. The fourth-order valence-corrected chi connectivity index (χ4v) is 4.58. The molecule has 1 aromatic carbocycles. The quantitative estimate of drug-likeness (QED) is 0.474. The van der Waals surface area contributed by atoms with Crippen LogP contribution in [-0.4, -0.2) is 68.0 Å². The highest BCUT2D eigenvalue weighted by Crippen LogP contribution is 2.25. The Morgan fingerprint density at radius 3 is 2.64 bits per heavy atom. The van der Waals surface area contributed by atoms with Gasteiger partial charge in [0.25, 0.3) is 0 Å². The molecule has 0 aliphatic carbocycles. The lowest BCUT2D eigenvalue weighted by molar-refractivity contribution is 0.0985. The summed E-state index contributed by atoms with van der Waals surface area (Å²) < 4.78 is 29.4. The van der Waals surface area contributed by atoms with Crippen LogP contribution in [0, 0.1) is 0 Å². The van der Waals surface area contributed by atoms with Crippen molar-refractivity contribution in [1.29, 1.82) is 0 Å². The van der Waals surface area contributed by atoms with Crippen molar-refractivity contribution in [3.8, 4) is 11.4 Å². The largest absolute Gasteiger partial charge is 0.377 e. The Labute approximate surface area is 211 Å². The number of hydrogen-bond donors (Lipinski definition) is 2. The number of morpholine rings is 1. The molecule has 4 rings (SSSR count). The Balaban J connectivity index is 1.46. The van der Waals surface area contributed by atoms with Gasteiger partial charge in [-0.3, -0.25) is 4.98 Å². The zero-order valence-electron chi connectivity index (χ0n) is 20.3. The van der Waals surface area contributed by atoms with Gasteiger partial charge in [0.2, 0.25) is 0 Å². The molecular weight excluding hydrogens is 480 g/mol. The van der Waals surface area contributed by atoms with Gasteiger partial charge in [-0.05, 0) is 43.3 Å². The molecule has 2 N–H and O–H groups in total. The summed E-state index contributed by atoms with van der Waals surface area (Å²) in [7, 11) is -3.27. The summed E-state index contributed by atoms with van der Waals surface area (Å²) in [5.41, 5.74) is 2.67. The number of carbonyl (C=O) groups is 1. The summed E-state index contributed by atoms with van der Waals surface area (Å²) in [5, 5.41) is 5.62. The van der Waals surface area contributed by atoms with E-state index >= 15 is 0 Å². The van der Waals surface area contributed by atoms with Crippen molar-refractivity contribution in [1.82, 2.24) is 20.3 Å². The van der Waals surface area contributed by atoms with Gasteiger partial charge in [-0.15, -0.1) is 0 Å². The maximum atomic E-state index is 12.2. The summed E-state index contributed by atoms with van der Waals surface area (Å²) in [5.74, 6) is 0.923. The van der Waals surface area contributed by atoms with E-state index in [-0.39, 0.29) is 17.8 Å². The maximum Gasteiger partial charge on any atom is 0.319 e. The maximum absolute atomic E-state index is 12.2. The van der Waals surface area contributed by atoms with E-state index in [1.54, 1.807) is 36.5 Å². The van der Waals surface area contributed by atoms with Crippen molar-refractivity contribution in [3.05, 3.63) is 66.1 Å². The normalized spacial score (nSPS) is 15.9. The SMILES string of the molecule is C[C@H]1COCCN1c1cc(CS(C)(=O)=O)nc(-c2ccc(NC(=O)NCCc3ccccn3)cc2)n1. The van der Waals surface area contributed by atoms with Crippen LogP contribution in [0.15, 0.2) is 54.7 Å². The number of amides is 2. The van der Waals surface area contributed by atoms with Crippen molar-refractivity contribution in [2.45, 2.75) is 25.1 Å². The molecule has 0 bridgehead atoms. The summed E-state index contributed by atoms with van der Waals surface area (Å²) in [6.45, 7) is 4.32. The highest BCUT2D eigenvalue weighted by molar-refractivity contribution is 7.89. The Bertz CT molecular complexity index is 1290. The smallest absolute Gasteiger partial charge is 0.319 e. The van der Waals surface area contributed by atoms with Gasteiger partial charge in [0, 0.05) is 55.0 Å². The van der Waals surface area contributed by atoms with Crippen LogP contribution in [0.5, 0.6) is 0 Å². The van der Waals surface area contributed by atoms with Gasteiger partial charge in [0.05, 0.1) is 30.7 Å². The number of pyridine rings is 1. The predicted molar refractivity (Wildman–Crippen MR) is 139 cm³/mol. The van der Waals surface area contributed by atoms with Crippen molar-refractivity contribution >= 4 is 27.4 Å². The van der Waals surface area contributed by atoms with Crippen LogP contribution in [0.25, 0.3) is 11.4 Å². The fourth-order valence-electron chi connectivity index (χ4n) is 3.90. The predicted octanol–water partition coefficient (Wildman–Crippen LogP) is 2.67. The summed E-state index contributed by atoms with van der Waals surface area (Å²) in [6, 6.07) is 14.3. The molecule has 2 aromatic heterocycles. The van der Waals surface area contributed by atoms with Crippen molar-refractivity contribution in [2.24, 2.45) is 0 Å². The zero-order chi connectivity index (χ0) is 25.5. The number of benzene rings is 1. The average molecular weight is 511 g/mol.